The predicted octanol–water partition coefficient (Wildman–Crippen LogP) is 4.75. The van der Waals surface area contributed by atoms with E-state index in [1.165, 1.54) is 5.57 Å². The quantitative estimate of drug-likeness (QED) is 0.522. The Morgan fingerprint density at radius 3 is 1.75 bits per heavy atom. The van der Waals surface area contributed by atoms with E-state index in [0.29, 0.717) is 0 Å². The van der Waals surface area contributed by atoms with E-state index in [2.05, 4.69) is 6.58 Å². The van der Waals surface area contributed by atoms with Crippen LogP contribution < -0.4 is 0 Å². The first-order chi connectivity index (χ1) is 5.81. The van der Waals surface area contributed by atoms with Crippen LogP contribution in [0.1, 0.15) is 41.5 Å². The van der Waals surface area contributed by atoms with Gasteiger partial charge in [0.2, 0.25) is 0 Å². The van der Waals surface area contributed by atoms with Crippen LogP contribution in [0.15, 0.2) is 36.5 Å². The van der Waals surface area contributed by atoms with Crippen LogP contribution >= 0.6 is 0 Å². The van der Waals surface area contributed by atoms with E-state index in [4.69, 9.17) is 0 Å². The Morgan fingerprint density at radius 2 is 1.50 bits per heavy atom. The Bertz CT molecular complexity index is 116. The van der Waals surface area contributed by atoms with Gasteiger partial charge in [-0.1, -0.05) is 64.2 Å². The van der Waals surface area contributed by atoms with Crippen LogP contribution in [0.2, 0.25) is 0 Å². The molecule has 0 heterocycles. The zero-order valence-electron chi connectivity index (χ0n) is 9.52. The fourth-order valence-corrected chi connectivity index (χ4v) is 0.316. The van der Waals surface area contributed by atoms with Gasteiger partial charge in [-0.2, -0.15) is 0 Å². The second kappa shape index (κ2) is 22.5. The lowest BCUT2D eigenvalue weighted by Crippen LogP contribution is -1.60. The Hall–Kier alpha value is -0.780. The highest BCUT2D eigenvalue weighted by Crippen LogP contribution is 1.91. The fourth-order valence-electron chi connectivity index (χ4n) is 0.316. The van der Waals surface area contributed by atoms with Gasteiger partial charge in [0, 0.05) is 0 Å². The highest BCUT2D eigenvalue weighted by atomic mass is 13.8. The van der Waals surface area contributed by atoms with E-state index < -0.39 is 0 Å². The summed E-state index contributed by atoms with van der Waals surface area (Å²) in [4.78, 5) is 0. The highest BCUT2D eigenvalue weighted by Gasteiger charge is 1.70. The number of rotatable bonds is 2. The molecule has 0 saturated heterocycles. The molecule has 0 atom stereocenters. The maximum absolute atomic E-state index is 3.61. The Kier molecular flexibility index (Phi) is 32.5. The molecule has 0 amide bonds. The molecule has 0 N–H and O–H groups in total. The van der Waals surface area contributed by atoms with Crippen LogP contribution in [0.4, 0.5) is 0 Å². The summed E-state index contributed by atoms with van der Waals surface area (Å²) in [6, 6.07) is 0. The van der Waals surface area contributed by atoms with Crippen molar-refractivity contribution >= 4 is 0 Å². The van der Waals surface area contributed by atoms with Crippen molar-refractivity contribution in [2.24, 2.45) is 0 Å². The molecule has 0 heteroatoms. The number of hydrogen-bond donors (Lipinski definition) is 0. The van der Waals surface area contributed by atoms with Crippen LogP contribution in [0.3, 0.4) is 0 Å². The van der Waals surface area contributed by atoms with Gasteiger partial charge in [0.1, 0.15) is 0 Å². The van der Waals surface area contributed by atoms with Crippen LogP contribution in [-0.4, -0.2) is 0 Å². The van der Waals surface area contributed by atoms with Crippen LogP contribution in [0, 0.1) is 0 Å². The first kappa shape index (κ1) is 17.3. The first-order valence-electron chi connectivity index (χ1n) is 4.73. The van der Waals surface area contributed by atoms with Crippen molar-refractivity contribution < 1.29 is 0 Å². The maximum Gasteiger partial charge on any atom is -0.0398 e. The smallest absolute Gasteiger partial charge is 0.0398 e. The molecular formula is C12H24. The second-order valence-corrected chi connectivity index (χ2v) is 1.64. The lowest BCUT2D eigenvalue weighted by Gasteiger charge is -1.81. The predicted molar refractivity (Wildman–Crippen MR) is 61.5 cm³/mol. The zero-order valence-corrected chi connectivity index (χ0v) is 9.52. The summed E-state index contributed by atoms with van der Waals surface area (Å²) in [6.45, 7) is 15.6. The molecule has 12 heavy (non-hydrogen) atoms. The SMILES string of the molecule is C=C/C(C)=C\C=C/C.CC.CC. The zero-order chi connectivity index (χ0) is 10.4. The van der Waals surface area contributed by atoms with Crippen LogP contribution in [0.25, 0.3) is 0 Å². The minimum Gasteiger partial charge on any atom is -0.0988 e. The lowest BCUT2D eigenvalue weighted by molar-refractivity contribution is 1.50. The van der Waals surface area contributed by atoms with Gasteiger partial charge in [-0.05, 0) is 13.8 Å². The van der Waals surface area contributed by atoms with E-state index in [0.717, 1.165) is 0 Å². The monoisotopic (exact) mass is 168 g/mol. The molecule has 0 unspecified atom stereocenters. The molecule has 0 aromatic rings. The standard InChI is InChI=1S/C8H12.2C2H6/c1-4-6-7-8(3)5-2;2*1-2/h4-7H,2H2,1,3H3;2*1-2H3/b6-4-,8-7-;;. The summed E-state index contributed by atoms with van der Waals surface area (Å²) in [5.74, 6) is 0. The molecule has 0 radical (unpaired) electrons. The molecule has 0 aromatic carbocycles. The van der Waals surface area contributed by atoms with Crippen LogP contribution in [-0.2, 0) is 0 Å². The summed E-state index contributed by atoms with van der Waals surface area (Å²) in [7, 11) is 0. The van der Waals surface area contributed by atoms with Crippen molar-refractivity contribution in [3.8, 4) is 0 Å². The van der Waals surface area contributed by atoms with Gasteiger partial charge in [0.15, 0.2) is 0 Å². The maximum atomic E-state index is 3.61. The van der Waals surface area contributed by atoms with Crippen molar-refractivity contribution in [3.63, 3.8) is 0 Å². The van der Waals surface area contributed by atoms with Crippen molar-refractivity contribution in [3.05, 3.63) is 36.5 Å². The van der Waals surface area contributed by atoms with E-state index in [1.54, 1.807) is 0 Å². The van der Waals surface area contributed by atoms with Gasteiger partial charge in [-0.3, -0.25) is 0 Å². The normalized spacial score (nSPS) is 9.33. The van der Waals surface area contributed by atoms with E-state index in [1.807, 2.05) is 65.8 Å². The number of hydrogen-bond acceptors (Lipinski definition) is 0. The van der Waals surface area contributed by atoms with E-state index in [9.17, 15) is 0 Å². The molecule has 0 rings (SSSR count). The molecule has 0 saturated carbocycles. The molecule has 0 aliphatic carbocycles. The van der Waals surface area contributed by atoms with Gasteiger partial charge >= 0.3 is 0 Å². The summed E-state index contributed by atoms with van der Waals surface area (Å²) in [5.41, 5.74) is 1.20. The third-order valence-corrected chi connectivity index (χ3v) is 0.874. The summed E-state index contributed by atoms with van der Waals surface area (Å²) < 4.78 is 0. The Morgan fingerprint density at radius 1 is 1.08 bits per heavy atom. The molecule has 0 fully saturated rings. The Labute approximate surface area is 78.7 Å². The fraction of sp³-hybridized carbons (Fsp3) is 0.500. The third kappa shape index (κ3) is 22.9. The molecule has 72 valence electrons. The topological polar surface area (TPSA) is 0 Å². The molecular weight excluding hydrogens is 144 g/mol. The Balaban J connectivity index is -0.000000175. The number of allylic oxidation sites excluding steroid dienone is 5. The van der Waals surface area contributed by atoms with Crippen molar-refractivity contribution in [1.82, 2.24) is 0 Å². The van der Waals surface area contributed by atoms with Crippen molar-refractivity contribution in [2.75, 3.05) is 0 Å². The average Bonchev–Trinajstić information content (AvgIpc) is 2.20. The van der Waals surface area contributed by atoms with Gasteiger partial charge in [-0.25, -0.2) is 0 Å². The van der Waals surface area contributed by atoms with Gasteiger partial charge in [-0.15, -0.1) is 0 Å². The minimum atomic E-state index is 1.20. The lowest BCUT2D eigenvalue weighted by atomic mass is 10.3. The van der Waals surface area contributed by atoms with Crippen molar-refractivity contribution in [1.29, 1.82) is 0 Å². The van der Waals surface area contributed by atoms with Gasteiger partial charge in [0.05, 0.1) is 0 Å². The third-order valence-electron chi connectivity index (χ3n) is 0.874. The van der Waals surface area contributed by atoms with E-state index in [-0.39, 0.29) is 0 Å². The summed E-state index contributed by atoms with van der Waals surface area (Å²) in [5, 5.41) is 0. The molecule has 0 aliphatic rings. The second-order valence-electron chi connectivity index (χ2n) is 1.64. The van der Waals surface area contributed by atoms with Crippen molar-refractivity contribution in [2.45, 2.75) is 41.5 Å². The van der Waals surface area contributed by atoms with Gasteiger partial charge in [0.25, 0.3) is 0 Å². The highest BCUT2D eigenvalue weighted by molar-refractivity contribution is 5.18. The van der Waals surface area contributed by atoms with E-state index >= 15 is 0 Å². The average molecular weight is 168 g/mol. The molecule has 0 aliphatic heterocycles. The molecule has 0 spiro atoms. The molecule has 0 nitrogen and oxygen atoms in total. The molecule has 0 bridgehead atoms. The largest absolute Gasteiger partial charge is 0.0988 e. The van der Waals surface area contributed by atoms with Crippen LogP contribution in [0.5, 0.6) is 0 Å². The summed E-state index contributed by atoms with van der Waals surface area (Å²) in [6.07, 6.45) is 7.84. The van der Waals surface area contributed by atoms with Gasteiger partial charge < -0.3 is 0 Å². The summed E-state index contributed by atoms with van der Waals surface area (Å²) >= 11 is 0. The first-order valence-corrected chi connectivity index (χ1v) is 4.73. The molecule has 0 aromatic heterocycles. The minimum absolute atomic E-state index is 1.20.